The van der Waals surface area contributed by atoms with E-state index in [-0.39, 0.29) is 23.5 Å². The van der Waals surface area contributed by atoms with Crippen molar-refractivity contribution in [2.75, 3.05) is 31.1 Å². The van der Waals surface area contributed by atoms with Crippen molar-refractivity contribution >= 4 is 15.7 Å². The zero-order valence-corrected chi connectivity index (χ0v) is 12.0. The van der Waals surface area contributed by atoms with E-state index in [1.165, 1.54) is 5.56 Å². The van der Waals surface area contributed by atoms with E-state index in [9.17, 15) is 13.2 Å². The number of fused-ring (bicyclic) bond motifs is 1. The van der Waals surface area contributed by atoms with Gasteiger partial charge in [0, 0.05) is 19.6 Å². The minimum atomic E-state index is -2.95. The Kier molecular flexibility index (Phi) is 3.52. The Labute approximate surface area is 118 Å². The number of amides is 1. The molecule has 1 atom stereocenters. The summed E-state index contributed by atoms with van der Waals surface area (Å²) in [4.78, 5) is 14.3. The molecule has 1 aromatic rings. The van der Waals surface area contributed by atoms with Gasteiger partial charge in [0.1, 0.15) is 6.04 Å². The minimum absolute atomic E-state index is 0.00736. The molecule has 2 heterocycles. The van der Waals surface area contributed by atoms with Gasteiger partial charge < -0.3 is 10.2 Å². The molecular formula is C14H18N2O3S. The maximum absolute atomic E-state index is 12.6. The van der Waals surface area contributed by atoms with E-state index in [0.29, 0.717) is 13.1 Å². The molecule has 1 aromatic carbocycles. The van der Waals surface area contributed by atoms with Crippen molar-refractivity contribution in [1.82, 2.24) is 10.2 Å². The second kappa shape index (κ2) is 5.18. The number of hydrogen-bond acceptors (Lipinski definition) is 4. The SMILES string of the molecule is O=C(C1NCCc2ccccc21)N1CCS(=O)(=O)CC1. The molecule has 0 bridgehead atoms. The Morgan fingerprint density at radius 2 is 1.90 bits per heavy atom. The third-order valence-electron chi connectivity index (χ3n) is 4.01. The van der Waals surface area contributed by atoms with Crippen LogP contribution in [-0.2, 0) is 21.1 Å². The van der Waals surface area contributed by atoms with Crippen molar-refractivity contribution in [2.45, 2.75) is 12.5 Å². The topological polar surface area (TPSA) is 66.5 Å². The molecule has 2 aliphatic heterocycles. The van der Waals surface area contributed by atoms with Gasteiger partial charge in [-0.15, -0.1) is 0 Å². The van der Waals surface area contributed by atoms with Crippen LogP contribution < -0.4 is 5.32 Å². The molecule has 108 valence electrons. The van der Waals surface area contributed by atoms with Crippen LogP contribution in [0.2, 0.25) is 0 Å². The Bertz CT molecular complexity index is 613. The van der Waals surface area contributed by atoms with E-state index in [0.717, 1.165) is 18.5 Å². The van der Waals surface area contributed by atoms with Crippen LogP contribution in [0.3, 0.4) is 0 Å². The lowest BCUT2D eigenvalue weighted by Gasteiger charge is -2.33. The Hall–Kier alpha value is -1.40. The van der Waals surface area contributed by atoms with Crippen LogP contribution in [0.15, 0.2) is 24.3 Å². The fraction of sp³-hybridized carbons (Fsp3) is 0.500. The van der Waals surface area contributed by atoms with Crippen molar-refractivity contribution in [3.05, 3.63) is 35.4 Å². The van der Waals surface area contributed by atoms with Gasteiger partial charge in [0.15, 0.2) is 9.84 Å². The number of carbonyl (C=O) groups is 1. The summed E-state index contributed by atoms with van der Waals surface area (Å²) in [7, 11) is -2.95. The molecule has 6 heteroatoms. The van der Waals surface area contributed by atoms with E-state index < -0.39 is 9.84 Å². The van der Waals surface area contributed by atoms with Crippen LogP contribution in [0.1, 0.15) is 17.2 Å². The molecule has 1 unspecified atom stereocenters. The maximum atomic E-state index is 12.6. The number of rotatable bonds is 1. The third-order valence-corrected chi connectivity index (χ3v) is 5.62. The summed E-state index contributed by atoms with van der Waals surface area (Å²) < 4.78 is 22.9. The van der Waals surface area contributed by atoms with Gasteiger partial charge in [-0.05, 0) is 17.5 Å². The summed E-state index contributed by atoms with van der Waals surface area (Å²) in [5, 5.41) is 3.25. The van der Waals surface area contributed by atoms with Gasteiger partial charge in [0.2, 0.25) is 5.91 Å². The minimum Gasteiger partial charge on any atom is -0.339 e. The largest absolute Gasteiger partial charge is 0.339 e. The van der Waals surface area contributed by atoms with Crippen LogP contribution in [0.4, 0.5) is 0 Å². The second-order valence-electron chi connectivity index (χ2n) is 5.31. The highest BCUT2D eigenvalue weighted by Crippen LogP contribution is 2.24. The molecule has 5 nitrogen and oxygen atoms in total. The maximum Gasteiger partial charge on any atom is 0.244 e. The normalized spacial score (nSPS) is 25.0. The first kappa shape index (κ1) is 13.6. The molecule has 3 rings (SSSR count). The molecule has 1 amide bonds. The summed E-state index contributed by atoms with van der Waals surface area (Å²) in [5.74, 6) is 0.146. The van der Waals surface area contributed by atoms with E-state index >= 15 is 0 Å². The van der Waals surface area contributed by atoms with Crippen molar-refractivity contribution < 1.29 is 13.2 Å². The number of sulfone groups is 1. The summed E-state index contributed by atoms with van der Waals surface area (Å²) >= 11 is 0. The Balaban J connectivity index is 1.79. The van der Waals surface area contributed by atoms with Crippen molar-refractivity contribution in [2.24, 2.45) is 0 Å². The highest BCUT2D eigenvalue weighted by atomic mass is 32.2. The van der Waals surface area contributed by atoms with Gasteiger partial charge in [-0.25, -0.2) is 8.42 Å². The van der Waals surface area contributed by atoms with Gasteiger partial charge >= 0.3 is 0 Å². The molecule has 0 radical (unpaired) electrons. The van der Waals surface area contributed by atoms with E-state index in [1.54, 1.807) is 4.90 Å². The number of nitrogens with one attached hydrogen (secondary N) is 1. The first-order valence-electron chi connectivity index (χ1n) is 6.87. The molecular weight excluding hydrogens is 276 g/mol. The van der Waals surface area contributed by atoms with Gasteiger partial charge in [0.05, 0.1) is 11.5 Å². The van der Waals surface area contributed by atoms with Crippen molar-refractivity contribution in [1.29, 1.82) is 0 Å². The lowest BCUT2D eigenvalue weighted by Crippen LogP contribution is -2.49. The smallest absolute Gasteiger partial charge is 0.244 e. The fourth-order valence-corrected chi connectivity index (χ4v) is 4.04. The van der Waals surface area contributed by atoms with Crippen LogP contribution in [-0.4, -0.2) is 50.4 Å². The zero-order chi connectivity index (χ0) is 14.2. The number of nitrogens with zero attached hydrogens (tertiary/aromatic N) is 1. The predicted octanol–water partition coefficient (Wildman–Crippen LogP) is 0.130. The summed E-state index contributed by atoms with van der Waals surface area (Å²) in [6, 6.07) is 7.62. The molecule has 1 N–H and O–H groups in total. The average Bonchev–Trinajstić information content (AvgIpc) is 2.46. The molecule has 1 fully saturated rings. The average molecular weight is 294 g/mol. The first-order chi connectivity index (χ1) is 9.57. The van der Waals surface area contributed by atoms with Gasteiger partial charge in [-0.2, -0.15) is 0 Å². The first-order valence-corrected chi connectivity index (χ1v) is 8.69. The lowest BCUT2D eigenvalue weighted by molar-refractivity contribution is -0.133. The van der Waals surface area contributed by atoms with E-state index in [1.807, 2.05) is 18.2 Å². The number of carbonyl (C=O) groups excluding carboxylic acids is 1. The summed E-state index contributed by atoms with van der Waals surface area (Å²) in [6.07, 6.45) is 0.925. The molecule has 2 aliphatic rings. The van der Waals surface area contributed by atoms with Gasteiger partial charge in [-0.1, -0.05) is 24.3 Å². The zero-order valence-electron chi connectivity index (χ0n) is 11.2. The molecule has 20 heavy (non-hydrogen) atoms. The third kappa shape index (κ3) is 2.58. The van der Waals surface area contributed by atoms with E-state index in [2.05, 4.69) is 11.4 Å². The van der Waals surface area contributed by atoms with Crippen LogP contribution in [0.5, 0.6) is 0 Å². The summed E-state index contributed by atoms with van der Waals surface area (Å²) in [5.41, 5.74) is 2.23. The number of hydrogen-bond donors (Lipinski definition) is 1. The summed E-state index contributed by atoms with van der Waals surface area (Å²) in [6.45, 7) is 1.39. The van der Waals surface area contributed by atoms with Gasteiger partial charge in [-0.3, -0.25) is 4.79 Å². The lowest BCUT2D eigenvalue weighted by atomic mass is 9.93. The second-order valence-corrected chi connectivity index (χ2v) is 7.62. The van der Waals surface area contributed by atoms with E-state index in [4.69, 9.17) is 0 Å². The Morgan fingerprint density at radius 1 is 1.20 bits per heavy atom. The van der Waals surface area contributed by atoms with Crippen molar-refractivity contribution in [3.63, 3.8) is 0 Å². The fourth-order valence-electron chi connectivity index (χ4n) is 2.84. The van der Waals surface area contributed by atoms with Crippen LogP contribution >= 0.6 is 0 Å². The monoisotopic (exact) mass is 294 g/mol. The highest BCUT2D eigenvalue weighted by molar-refractivity contribution is 7.91. The molecule has 0 aromatic heterocycles. The predicted molar refractivity (Wildman–Crippen MR) is 76.1 cm³/mol. The molecule has 1 saturated heterocycles. The molecule has 0 spiro atoms. The standard InChI is InChI=1S/C14H18N2O3S/c17-14(16-7-9-20(18,19)10-8-16)13-12-4-2-1-3-11(12)5-6-15-13/h1-4,13,15H,5-10H2. The van der Waals surface area contributed by atoms with Crippen LogP contribution in [0.25, 0.3) is 0 Å². The molecule has 0 saturated carbocycles. The van der Waals surface area contributed by atoms with Crippen molar-refractivity contribution in [3.8, 4) is 0 Å². The Morgan fingerprint density at radius 3 is 2.65 bits per heavy atom. The quantitative estimate of drug-likeness (QED) is 0.799. The van der Waals surface area contributed by atoms with Crippen LogP contribution in [0, 0.1) is 0 Å². The number of benzene rings is 1. The molecule has 0 aliphatic carbocycles. The van der Waals surface area contributed by atoms with Gasteiger partial charge in [0.25, 0.3) is 0 Å². The highest BCUT2D eigenvalue weighted by Gasteiger charge is 2.32.